The molecule has 8 nitrogen and oxygen atoms in total. The van der Waals surface area contributed by atoms with Crippen molar-refractivity contribution in [1.29, 1.82) is 0 Å². The van der Waals surface area contributed by atoms with Crippen LogP contribution in [0.1, 0.15) is 48.0 Å². The Morgan fingerprint density at radius 3 is 2.55 bits per heavy atom. The number of rotatable bonds is 8. The molecule has 0 spiro atoms. The molecule has 3 rings (SSSR count). The van der Waals surface area contributed by atoms with Crippen LogP contribution in [0.3, 0.4) is 0 Å². The number of hydrogen-bond donors (Lipinski definition) is 1. The number of likely N-dealkylation sites (N-methyl/N-ethyl adjacent to an activating group) is 1. The molecule has 2 aliphatic heterocycles. The van der Waals surface area contributed by atoms with E-state index in [1.54, 1.807) is 0 Å². The number of benzene rings is 1. The zero-order valence-electron chi connectivity index (χ0n) is 17.4. The maximum atomic E-state index is 14.8. The molecule has 0 bridgehead atoms. The second kappa shape index (κ2) is 9.80. The van der Waals surface area contributed by atoms with E-state index in [1.807, 2.05) is 4.90 Å². The number of halogens is 1. The molecule has 31 heavy (non-hydrogen) atoms. The molecular formula is C22H26FN3O5. The Bertz CT molecular complexity index is 895. The van der Waals surface area contributed by atoms with Crippen LogP contribution in [0.2, 0.25) is 0 Å². The van der Waals surface area contributed by atoms with Crippen LogP contribution in [0.15, 0.2) is 12.1 Å². The number of aldehydes is 2. The third-order valence-electron chi connectivity index (χ3n) is 6.04. The van der Waals surface area contributed by atoms with E-state index in [4.69, 9.17) is 0 Å². The molecule has 1 unspecified atom stereocenters. The Hall–Kier alpha value is -3.10. The zero-order valence-corrected chi connectivity index (χ0v) is 17.4. The average Bonchev–Trinajstić information content (AvgIpc) is 2.76. The van der Waals surface area contributed by atoms with Crippen LogP contribution in [0.25, 0.3) is 0 Å². The number of fused-ring (bicyclic) bond motifs is 1. The minimum Gasteiger partial charge on any atom is -0.369 e. The van der Waals surface area contributed by atoms with Crippen LogP contribution >= 0.6 is 0 Å². The highest BCUT2D eigenvalue weighted by molar-refractivity contribution is 6.12. The van der Waals surface area contributed by atoms with Crippen LogP contribution in [0.4, 0.5) is 10.1 Å². The molecule has 0 aromatic heterocycles. The van der Waals surface area contributed by atoms with E-state index in [9.17, 15) is 28.4 Å². The zero-order chi connectivity index (χ0) is 22.5. The predicted molar refractivity (Wildman–Crippen MR) is 110 cm³/mol. The maximum absolute atomic E-state index is 14.8. The smallest absolute Gasteiger partial charge is 0.261 e. The fourth-order valence-electron chi connectivity index (χ4n) is 4.31. The first-order chi connectivity index (χ1) is 14.9. The van der Waals surface area contributed by atoms with E-state index in [0.717, 1.165) is 24.0 Å². The molecule has 1 N–H and O–H groups in total. The van der Waals surface area contributed by atoms with Crippen molar-refractivity contribution in [2.45, 2.75) is 44.6 Å². The molecule has 0 aliphatic carbocycles. The summed E-state index contributed by atoms with van der Waals surface area (Å²) in [7, 11) is 1.39. The molecule has 2 heterocycles. The molecule has 1 fully saturated rings. The summed E-state index contributed by atoms with van der Waals surface area (Å²) in [5.41, 5.74) is 0.746. The van der Waals surface area contributed by atoms with Crippen molar-refractivity contribution in [2.75, 3.05) is 25.0 Å². The summed E-state index contributed by atoms with van der Waals surface area (Å²) in [5.74, 6) is -2.03. The van der Waals surface area contributed by atoms with Gasteiger partial charge < -0.3 is 19.8 Å². The standard InChI is InChI=1S/C22H26FN3O5/c1-24-21(30)18(3-2-9-27)26-20(29)12-15-11-17(23)19(13-16(15)22(26)31)25-7-4-14(5-8-25)6-10-28/h9-11,13-14,18H,2-8,12H2,1H3,(H,24,30). The Kier molecular flexibility index (Phi) is 7.14. The molecule has 2 aliphatic rings. The molecular weight excluding hydrogens is 405 g/mol. The maximum Gasteiger partial charge on any atom is 0.261 e. The number of hydrogen-bond acceptors (Lipinski definition) is 6. The van der Waals surface area contributed by atoms with Crippen molar-refractivity contribution in [3.8, 4) is 0 Å². The van der Waals surface area contributed by atoms with E-state index < -0.39 is 29.6 Å². The number of carbonyl (C=O) groups is 5. The molecule has 0 radical (unpaired) electrons. The molecule has 1 aromatic rings. The Morgan fingerprint density at radius 2 is 1.94 bits per heavy atom. The van der Waals surface area contributed by atoms with Crippen molar-refractivity contribution in [1.82, 2.24) is 10.2 Å². The molecule has 3 amide bonds. The molecule has 1 atom stereocenters. The van der Waals surface area contributed by atoms with Gasteiger partial charge in [-0.05, 0) is 42.9 Å². The van der Waals surface area contributed by atoms with Crippen LogP contribution in [0.5, 0.6) is 0 Å². The van der Waals surface area contributed by atoms with E-state index in [1.165, 1.54) is 19.2 Å². The largest absolute Gasteiger partial charge is 0.369 e. The monoisotopic (exact) mass is 431 g/mol. The van der Waals surface area contributed by atoms with Crippen molar-refractivity contribution in [3.63, 3.8) is 0 Å². The van der Waals surface area contributed by atoms with Crippen LogP contribution in [-0.4, -0.2) is 61.4 Å². The highest BCUT2D eigenvalue weighted by Gasteiger charge is 2.39. The van der Waals surface area contributed by atoms with Gasteiger partial charge in [-0.15, -0.1) is 0 Å². The predicted octanol–water partition coefficient (Wildman–Crippen LogP) is 1.25. The third kappa shape index (κ3) is 4.65. The lowest BCUT2D eigenvalue weighted by Gasteiger charge is -2.35. The number of nitrogens with zero attached hydrogens (tertiary/aromatic N) is 2. The first-order valence-electron chi connectivity index (χ1n) is 10.4. The van der Waals surface area contributed by atoms with Gasteiger partial charge in [-0.25, -0.2) is 4.39 Å². The number of anilines is 1. The van der Waals surface area contributed by atoms with Crippen molar-refractivity contribution in [3.05, 3.63) is 29.1 Å². The van der Waals surface area contributed by atoms with Crippen LogP contribution in [-0.2, 0) is 25.6 Å². The number of imide groups is 1. The average molecular weight is 431 g/mol. The van der Waals surface area contributed by atoms with Gasteiger partial charge in [0.15, 0.2) is 0 Å². The van der Waals surface area contributed by atoms with Gasteiger partial charge in [-0.1, -0.05) is 0 Å². The van der Waals surface area contributed by atoms with E-state index >= 15 is 0 Å². The van der Waals surface area contributed by atoms with Crippen LogP contribution in [0, 0.1) is 11.7 Å². The summed E-state index contributed by atoms with van der Waals surface area (Å²) < 4.78 is 14.8. The summed E-state index contributed by atoms with van der Waals surface area (Å²) in [6, 6.07) is 1.57. The van der Waals surface area contributed by atoms with Crippen molar-refractivity contribution < 1.29 is 28.4 Å². The van der Waals surface area contributed by atoms with Gasteiger partial charge in [-0.3, -0.25) is 19.3 Å². The minimum absolute atomic E-state index is 0.0202. The van der Waals surface area contributed by atoms with Gasteiger partial charge in [0.1, 0.15) is 24.4 Å². The Morgan fingerprint density at radius 1 is 1.23 bits per heavy atom. The van der Waals surface area contributed by atoms with E-state index in [2.05, 4.69) is 5.32 Å². The third-order valence-corrected chi connectivity index (χ3v) is 6.04. The second-order valence-electron chi connectivity index (χ2n) is 7.91. The molecule has 166 valence electrons. The lowest BCUT2D eigenvalue weighted by molar-refractivity contribution is -0.137. The fraction of sp³-hybridized carbons (Fsp3) is 0.500. The Labute approximate surface area is 179 Å². The fourth-order valence-corrected chi connectivity index (χ4v) is 4.31. The number of nitrogens with one attached hydrogen (secondary N) is 1. The highest BCUT2D eigenvalue weighted by atomic mass is 19.1. The van der Waals surface area contributed by atoms with Crippen molar-refractivity contribution >= 4 is 36.0 Å². The highest BCUT2D eigenvalue weighted by Crippen LogP contribution is 2.32. The van der Waals surface area contributed by atoms with Gasteiger partial charge in [-0.2, -0.15) is 0 Å². The summed E-state index contributed by atoms with van der Waals surface area (Å²) in [4.78, 5) is 62.4. The molecule has 9 heteroatoms. The topological polar surface area (TPSA) is 104 Å². The van der Waals surface area contributed by atoms with Gasteiger partial charge >= 0.3 is 0 Å². The SMILES string of the molecule is CNC(=O)C(CCC=O)N1C(=O)Cc2cc(F)c(N3CCC(CC=O)CC3)cc2C1=O. The first-order valence-corrected chi connectivity index (χ1v) is 10.4. The van der Waals surface area contributed by atoms with Crippen LogP contribution < -0.4 is 10.2 Å². The first kappa shape index (κ1) is 22.6. The van der Waals surface area contributed by atoms with Gasteiger partial charge in [0, 0.05) is 38.5 Å². The number of amides is 3. The van der Waals surface area contributed by atoms with Gasteiger partial charge in [0.25, 0.3) is 5.91 Å². The second-order valence-corrected chi connectivity index (χ2v) is 7.91. The minimum atomic E-state index is -1.10. The summed E-state index contributed by atoms with van der Waals surface area (Å²) >= 11 is 0. The number of piperidine rings is 1. The van der Waals surface area contributed by atoms with Gasteiger partial charge in [0.05, 0.1) is 12.1 Å². The Balaban J connectivity index is 1.90. The molecule has 1 aromatic carbocycles. The molecule has 1 saturated heterocycles. The quantitative estimate of drug-likeness (QED) is 0.491. The summed E-state index contributed by atoms with van der Waals surface area (Å²) in [6.45, 7) is 1.12. The summed E-state index contributed by atoms with van der Waals surface area (Å²) in [6.07, 6.45) is 3.35. The normalized spacial score (nSPS) is 17.9. The summed E-state index contributed by atoms with van der Waals surface area (Å²) in [5, 5.41) is 2.43. The van der Waals surface area contributed by atoms with E-state index in [0.29, 0.717) is 25.8 Å². The van der Waals surface area contributed by atoms with Crippen molar-refractivity contribution in [2.24, 2.45) is 5.92 Å². The van der Waals surface area contributed by atoms with E-state index in [-0.39, 0.29) is 42.0 Å². The molecule has 0 saturated carbocycles. The lowest BCUT2D eigenvalue weighted by Crippen LogP contribution is -2.54. The van der Waals surface area contributed by atoms with Gasteiger partial charge in [0.2, 0.25) is 11.8 Å². The number of carbonyl (C=O) groups excluding carboxylic acids is 5. The lowest BCUT2D eigenvalue weighted by atomic mass is 9.92.